The summed E-state index contributed by atoms with van der Waals surface area (Å²) in [6.45, 7) is 0.719. The van der Waals surface area contributed by atoms with E-state index >= 15 is 0 Å². The van der Waals surface area contributed by atoms with E-state index in [0.29, 0.717) is 0 Å². The molecule has 0 spiro atoms. The van der Waals surface area contributed by atoms with Crippen LogP contribution in [-0.2, 0) is 4.74 Å². The highest BCUT2D eigenvalue weighted by atomic mass is 32.2. The van der Waals surface area contributed by atoms with Crippen molar-refractivity contribution in [2.24, 2.45) is 5.73 Å². The van der Waals surface area contributed by atoms with E-state index in [0.717, 1.165) is 45.3 Å². The molecule has 2 N–H and O–H groups in total. The van der Waals surface area contributed by atoms with Crippen LogP contribution in [0.5, 0.6) is 0 Å². The van der Waals surface area contributed by atoms with Crippen LogP contribution in [0.3, 0.4) is 0 Å². The van der Waals surface area contributed by atoms with E-state index in [4.69, 9.17) is 15.5 Å². The van der Waals surface area contributed by atoms with Gasteiger partial charge < -0.3 is 10.5 Å². The van der Waals surface area contributed by atoms with Gasteiger partial charge in [0.25, 0.3) is 0 Å². The molecule has 1 aliphatic rings. The van der Waals surface area contributed by atoms with Crippen LogP contribution in [-0.4, -0.2) is 39.0 Å². The molecule has 0 fully saturated rings. The zero-order chi connectivity index (χ0) is 18.6. The molecular weight excluding hydrogens is 376 g/mol. The molecule has 0 bridgehead atoms. The number of ether oxygens (including phenoxy) is 1. The van der Waals surface area contributed by atoms with E-state index < -0.39 is 0 Å². The molecular formula is C20H20N4OS2. The van der Waals surface area contributed by atoms with Crippen molar-refractivity contribution in [2.45, 2.75) is 15.6 Å². The smallest absolute Gasteiger partial charge is 0.115 e. The molecule has 0 aliphatic carbocycles. The van der Waals surface area contributed by atoms with E-state index in [2.05, 4.69) is 28.2 Å². The largest absolute Gasteiger partial charge is 0.384 e. The lowest BCUT2D eigenvalue weighted by Crippen LogP contribution is -2.18. The molecule has 0 saturated heterocycles. The molecule has 3 heterocycles. The van der Waals surface area contributed by atoms with Crippen LogP contribution >= 0.6 is 23.5 Å². The number of pyridine rings is 1. The third-order valence-electron chi connectivity index (χ3n) is 4.39. The second kappa shape index (κ2) is 8.39. The third kappa shape index (κ3) is 3.87. The number of nitrogens with zero attached hydrogens (tertiary/aromatic N) is 3. The molecule has 0 radical (unpaired) electrons. The Morgan fingerprint density at radius 1 is 1.15 bits per heavy atom. The van der Waals surface area contributed by atoms with Crippen molar-refractivity contribution in [1.29, 1.82) is 0 Å². The Labute approximate surface area is 167 Å². The maximum Gasteiger partial charge on any atom is 0.115 e. The number of nitrogens with two attached hydrogens (primary N) is 1. The molecule has 138 valence electrons. The number of benzene rings is 1. The maximum absolute atomic E-state index is 6.65. The lowest BCUT2D eigenvalue weighted by Gasteiger charge is -2.17. The summed E-state index contributed by atoms with van der Waals surface area (Å²) < 4.78 is 5.41. The van der Waals surface area contributed by atoms with Crippen molar-refractivity contribution in [1.82, 2.24) is 15.0 Å². The molecule has 2 unspecified atom stereocenters. The highest BCUT2D eigenvalue weighted by molar-refractivity contribution is 8.17. The fourth-order valence-electron chi connectivity index (χ4n) is 3.08. The van der Waals surface area contributed by atoms with E-state index in [-0.39, 0.29) is 10.6 Å². The fraction of sp³-hybridized carbons (Fsp3) is 0.250. The van der Waals surface area contributed by atoms with Crippen LogP contribution in [0.2, 0.25) is 0 Å². The van der Waals surface area contributed by atoms with Crippen LogP contribution in [0.1, 0.15) is 11.6 Å². The first kappa shape index (κ1) is 18.4. The van der Waals surface area contributed by atoms with Gasteiger partial charge >= 0.3 is 0 Å². The number of methoxy groups -OCH3 is 1. The normalized spacial score (nSPS) is 18.4. The lowest BCUT2D eigenvalue weighted by atomic mass is 9.96. The number of aromatic nitrogens is 3. The number of hydrogen-bond donors (Lipinski definition) is 1. The monoisotopic (exact) mass is 396 g/mol. The number of rotatable bonds is 6. The van der Waals surface area contributed by atoms with Crippen molar-refractivity contribution in [3.63, 3.8) is 0 Å². The van der Waals surface area contributed by atoms with Crippen molar-refractivity contribution in [3.05, 3.63) is 60.7 Å². The highest BCUT2D eigenvalue weighted by Crippen LogP contribution is 2.50. The van der Waals surface area contributed by atoms with Gasteiger partial charge in [0.1, 0.15) is 11.4 Å². The molecule has 2 atom stereocenters. The average Bonchev–Trinajstić information content (AvgIpc) is 3.04. The van der Waals surface area contributed by atoms with Gasteiger partial charge in [0.2, 0.25) is 0 Å². The van der Waals surface area contributed by atoms with E-state index in [1.54, 1.807) is 31.3 Å². The van der Waals surface area contributed by atoms with Crippen LogP contribution < -0.4 is 5.73 Å². The van der Waals surface area contributed by atoms with Gasteiger partial charge in [0.15, 0.2) is 0 Å². The maximum atomic E-state index is 6.65. The van der Waals surface area contributed by atoms with Crippen molar-refractivity contribution in [2.75, 3.05) is 19.5 Å². The van der Waals surface area contributed by atoms with Gasteiger partial charge in [-0.2, -0.15) is 0 Å². The minimum Gasteiger partial charge on any atom is -0.384 e. The minimum absolute atomic E-state index is 0.0735. The second-order valence-electron chi connectivity index (χ2n) is 6.14. The second-order valence-corrected chi connectivity index (χ2v) is 8.82. The molecule has 1 aromatic carbocycles. The quantitative estimate of drug-likeness (QED) is 0.631. The Balaban J connectivity index is 1.78. The summed E-state index contributed by atoms with van der Waals surface area (Å²) in [6, 6.07) is 12.4. The molecule has 27 heavy (non-hydrogen) atoms. The molecule has 0 amide bonds. The van der Waals surface area contributed by atoms with Crippen molar-refractivity contribution < 1.29 is 4.74 Å². The first-order valence-electron chi connectivity index (χ1n) is 8.66. The molecule has 5 nitrogen and oxygen atoms in total. The van der Waals surface area contributed by atoms with Crippen LogP contribution in [0.15, 0.2) is 60.1 Å². The van der Waals surface area contributed by atoms with E-state index in [1.165, 1.54) is 6.33 Å². The zero-order valence-electron chi connectivity index (χ0n) is 14.9. The number of thioether (sulfide) groups is 2. The van der Waals surface area contributed by atoms with Gasteiger partial charge in [-0.1, -0.05) is 42.1 Å². The Kier molecular flexibility index (Phi) is 5.73. The van der Waals surface area contributed by atoms with Crippen molar-refractivity contribution >= 4 is 23.5 Å². The fourth-order valence-corrected chi connectivity index (χ4v) is 5.78. The standard InChI is InChI=1S/C20H20N4OS2/c1-25-7-8-26-20-18(21)17-15(13-5-3-2-4-6-13)9-16(24-19(17)27-20)14-10-22-12-23-11-14/h2-6,9-12,18,20H,7-8,21H2,1H3. The number of fused-ring (bicyclic) bond motifs is 1. The predicted octanol–water partition coefficient (Wildman–Crippen LogP) is 4.02. The summed E-state index contributed by atoms with van der Waals surface area (Å²) in [7, 11) is 1.72. The average molecular weight is 397 g/mol. The molecule has 3 aromatic rings. The predicted molar refractivity (Wildman–Crippen MR) is 112 cm³/mol. The first-order chi connectivity index (χ1) is 13.3. The zero-order valence-corrected chi connectivity index (χ0v) is 16.5. The lowest BCUT2D eigenvalue weighted by molar-refractivity contribution is 0.218. The molecule has 1 aliphatic heterocycles. The van der Waals surface area contributed by atoms with Crippen LogP contribution in [0, 0.1) is 0 Å². The Bertz CT molecular complexity index is 909. The SMILES string of the molecule is COCCSC1Sc2nc(-c3cncnc3)cc(-c3ccccc3)c2C1N. The number of hydrogen-bond acceptors (Lipinski definition) is 7. The van der Waals surface area contributed by atoms with Gasteiger partial charge in [-0.05, 0) is 17.2 Å². The Hall–Kier alpha value is -1.93. The van der Waals surface area contributed by atoms with E-state index in [1.807, 2.05) is 30.0 Å². The van der Waals surface area contributed by atoms with Gasteiger partial charge in [-0.25, -0.2) is 15.0 Å². The van der Waals surface area contributed by atoms with Gasteiger partial charge in [-0.3, -0.25) is 0 Å². The topological polar surface area (TPSA) is 73.9 Å². The molecule has 4 rings (SSSR count). The Morgan fingerprint density at radius 2 is 1.93 bits per heavy atom. The molecule has 2 aromatic heterocycles. The first-order valence-corrected chi connectivity index (χ1v) is 10.6. The highest BCUT2D eigenvalue weighted by Gasteiger charge is 2.35. The Morgan fingerprint density at radius 3 is 2.67 bits per heavy atom. The van der Waals surface area contributed by atoms with Gasteiger partial charge in [0, 0.05) is 36.4 Å². The van der Waals surface area contributed by atoms with Gasteiger partial charge in [-0.15, -0.1) is 11.8 Å². The summed E-state index contributed by atoms with van der Waals surface area (Å²) >= 11 is 3.57. The summed E-state index contributed by atoms with van der Waals surface area (Å²) in [5.41, 5.74) is 11.8. The summed E-state index contributed by atoms with van der Waals surface area (Å²) in [4.78, 5) is 13.2. The van der Waals surface area contributed by atoms with Gasteiger partial charge in [0.05, 0.1) is 22.9 Å². The van der Waals surface area contributed by atoms with Crippen LogP contribution in [0.4, 0.5) is 0 Å². The molecule has 0 saturated carbocycles. The van der Waals surface area contributed by atoms with E-state index in [9.17, 15) is 0 Å². The van der Waals surface area contributed by atoms with Crippen molar-refractivity contribution in [3.8, 4) is 22.4 Å². The summed E-state index contributed by atoms with van der Waals surface area (Å²) in [6.07, 6.45) is 5.11. The molecule has 7 heteroatoms. The van der Waals surface area contributed by atoms with Crippen LogP contribution in [0.25, 0.3) is 22.4 Å². The summed E-state index contributed by atoms with van der Waals surface area (Å²) in [5, 5.41) is 0.998. The minimum atomic E-state index is -0.0735. The summed E-state index contributed by atoms with van der Waals surface area (Å²) in [5.74, 6) is 0.913. The third-order valence-corrected chi connectivity index (χ3v) is 7.17.